The Morgan fingerprint density at radius 3 is 2.76 bits per heavy atom. The van der Waals surface area contributed by atoms with Gasteiger partial charge in [-0.3, -0.25) is 4.79 Å². The van der Waals surface area contributed by atoms with E-state index in [0.717, 1.165) is 6.54 Å². The summed E-state index contributed by atoms with van der Waals surface area (Å²) in [5.41, 5.74) is -1.03. The number of amides is 1. The van der Waals surface area contributed by atoms with Crippen molar-refractivity contribution in [2.75, 3.05) is 26.3 Å². The summed E-state index contributed by atoms with van der Waals surface area (Å²) in [6.07, 6.45) is -0.544. The first-order valence-electron chi connectivity index (χ1n) is 5.79. The summed E-state index contributed by atoms with van der Waals surface area (Å²) in [7, 11) is 0. The molecule has 98 valence electrons. The van der Waals surface area contributed by atoms with E-state index in [4.69, 9.17) is 9.47 Å². The lowest BCUT2D eigenvalue weighted by Gasteiger charge is -2.28. The van der Waals surface area contributed by atoms with Crippen molar-refractivity contribution in [3.63, 3.8) is 0 Å². The molecule has 1 heterocycles. The summed E-state index contributed by atoms with van der Waals surface area (Å²) in [6.45, 7) is 6.94. The van der Waals surface area contributed by atoms with E-state index in [9.17, 15) is 9.59 Å². The van der Waals surface area contributed by atoms with Crippen molar-refractivity contribution < 1.29 is 19.1 Å². The molecule has 1 fully saturated rings. The van der Waals surface area contributed by atoms with Gasteiger partial charge in [0.2, 0.25) is 0 Å². The third-order valence-corrected chi connectivity index (χ3v) is 2.44. The summed E-state index contributed by atoms with van der Waals surface area (Å²) in [5.74, 6) is -0.743. The van der Waals surface area contributed by atoms with Crippen molar-refractivity contribution in [2.45, 2.75) is 32.4 Å². The Balaban J connectivity index is 2.50. The van der Waals surface area contributed by atoms with Gasteiger partial charge in [-0.1, -0.05) is 0 Å². The molecule has 0 saturated carbocycles. The van der Waals surface area contributed by atoms with E-state index in [1.54, 1.807) is 20.8 Å². The van der Waals surface area contributed by atoms with Gasteiger partial charge in [-0.2, -0.15) is 0 Å². The minimum Gasteiger partial charge on any atom is -0.464 e. The molecular formula is C11H20N2O4. The molecule has 17 heavy (non-hydrogen) atoms. The number of carbonyl (C=O) groups is 2. The summed E-state index contributed by atoms with van der Waals surface area (Å²) in [6, 6.07) is 0. The first kappa shape index (κ1) is 13.9. The van der Waals surface area contributed by atoms with Crippen LogP contribution in [0.5, 0.6) is 0 Å². The Morgan fingerprint density at radius 1 is 1.53 bits per heavy atom. The van der Waals surface area contributed by atoms with E-state index >= 15 is 0 Å². The monoisotopic (exact) mass is 244 g/mol. The summed E-state index contributed by atoms with van der Waals surface area (Å²) in [4.78, 5) is 23.4. The maximum absolute atomic E-state index is 11.8. The zero-order valence-corrected chi connectivity index (χ0v) is 10.5. The Hall–Kier alpha value is -1.14. The summed E-state index contributed by atoms with van der Waals surface area (Å²) in [5, 5.41) is 5.69. The number of carbonyl (C=O) groups excluding carboxylic acids is 2. The minimum absolute atomic E-state index is 0.291. The van der Waals surface area contributed by atoms with Gasteiger partial charge in [0, 0.05) is 13.1 Å². The number of ether oxygens (including phenoxy) is 2. The first-order valence-corrected chi connectivity index (χ1v) is 5.79. The fourth-order valence-electron chi connectivity index (χ4n) is 1.48. The van der Waals surface area contributed by atoms with Crippen molar-refractivity contribution >= 4 is 11.9 Å². The van der Waals surface area contributed by atoms with Crippen molar-refractivity contribution in [3.8, 4) is 0 Å². The Morgan fingerprint density at radius 2 is 2.24 bits per heavy atom. The molecule has 1 saturated heterocycles. The third kappa shape index (κ3) is 3.98. The van der Waals surface area contributed by atoms with Crippen LogP contribution in [0.4, 0.5) is 0 Å². The molecule has 1 aliphatic rings. The molecule has 1 atom stereocenters. The molecule has 6 nitrogen and oxygen atoms in total. The van der Waals surface area contributed by atoms with Crippen LogP contribution in [-0.4, -0.2) is 49.8 Å². The van der Waals surface area contributed by atoms with Crippen LogP contribution in [0, 0.1) is 0 Å². The van der Waals surface area contributed by atoms with Gasteiger partial charge in [-0.05, 0) is 20.8 Å². The third-order valence-electron chi connectivity index (χ3n) is 2.44. The number of morpholine rings is 1. The number of esters is 1. The molecule has 0 aromatic heterocycles. The number of hydrogen-bond acceptors (Lipinski definition) is 5. The van der Waals surface area contributed by atoms with E-state index in [1.807, 2.05) is 0 Å². The highest BCUT2D eigenvalue weighted by Gasteiger charge is 2.34. The second-order valence-electron chi connectivity index (χ2n) is 4.40. The van der Waals surface area contributed by atoms with Gasteiger partial charge in [0.05, 0.1) is 13.2 Å². The van der Waals surface area contributed by atoms with E-state index in [1.165, 1.54) is 0 Å². The fourth-order valence-corrected chi connectivity index (χ4v) is 1.48. The van der Waals surface area contributed by atoms with Crippen LogP contribution in [0.2, 0.25) is 0 Å². The van der Waals surface area contributed by atoms with Crippen LogP contribution >= 0.6 is 0 Å². The normalized spacial score (nSPS) is 20.8. The van der Waals surface area contributed by atoms with Gasteiger partial charge in [0.25, 0.3) is 5.91 Å². The van der Waals surface area contributed by atoms with Gasteiger partial charge in [-0.15, -0.1) is 0 Å². The quantitative estimate of drug-likeness (QED) is 0.648. The average Bonchev–Trinajstić information content (AvgIpc) is 2.30. The van der Waals surface area contributed by atoms with E-state index < -0.39 is 17.6 Å². The van der Waals surface area contributed by atoms with Crippen LogP contribution < -0.4 is 10.6 Å². The van der Waals surface area contributed by atoms with Crippen molar-refractivity contribution in [2.24, 2.45) is 0 Å². The molecule has 1 unspecified atom stereocenters. The minimum atomic E-state index is -1.03. The molecule has 1 rings (SSSR count). The Labute approximate surface area is 101 Å². The Bertz CT molecular complexity index is 285. The average molecular weight is 244 g/mol. The molecule has 1 amide bonds. The zero-order valence-electron chi connectivity index (χ0n) is 10.5. The largest absolute Gasteiger partial charge is 0.464 e. The first-order chi connectivity index (χ1) is 7.97. The molecular weight excluding hydrogens is 224 g/mol. The van der Waals surface area contributed by atoms with Crippen LogP contribution in [0.15, 0.2) is 0 Å². The van der Waals surface area contributed by atoms with Gasteiger partial charge in [0.1, 0.15) is 11.6 Å². The predicted molar refractivity (Wildman–Crippen MR) is 61.5 cm³/mol. The van der Waals surface area contributed by atoms with E-state index in [0.29, 0.717) is 19.8 Å². The molecule has 0 bridgehead atoms. The molecule has 0 aromatic rings. The number of rotatable bonds is 4. The lowest BCUT2D eigenvalue weighted by molar-refractivity contribution is -0.153. The fraction of sp³-hybridized carbons (Fsp3) is 0.818. The van der Waals surface area contributed by atoms with Gasteiger partial charge >= 0.3 is 5.97 Å². The van der Waals surface area contributed by atoms with E-state index in [2.05, 4.69) is 10.6 Å². The van der Waals surface area contributed by atoms with Gasteiger partial charge in [-0.25, -0.2) is 4.79 Å². The highest BCUT2D eigenvalue weighted by molar-refractivity contribution is 5.89. The standard InChI is InChI=1S/C11H20N2O4/c1-4-16-10(15)11(2,3)13-9(14)8-7-12-5-6-17-8/h8,12H,4-7H2,1-3H3,(H,13,14). The summed E-state index contributed by atoms with van der Waals surface area (Å²) >= 11 is 0. The van der Waals surface area contributed by atoms with E-state index in [-0.39, 0.29) is 5.91 Å². The van der Waals surface area contributed by atoms with Crippen LogP contribution in [0.1, 0.15) is 20.8 Å². The second-order valence-corrected chi connectivity index (χ2v) is 4.40. The number of nitrogens with one attached hydrogen (secondary N) is 2. The molecule has 1 aliphatic heterocycles. The highest BCUT2D eigenvalue weighted by atomic mass is 16.5. The maximum Gasteiger partial charge on any atom is 0.331 e. The van der Waals surface area contributed by atoms with Crippen LogP contribution in [0.25, 0.3) is 0 Å². The highest BCUT2D eigenvalue weighted by Crippen LogP contribution is 2.07. The zero-order chi connectivity index (χ0) is 12.9. The lowest BCUT2D eigenvalue weighted by Crippen LogP contribution is -2.56. The van der Waals surface area contributed by atoms with Crippen LogP contribution in [0.3, 0.4) is 0 Å². The molecule has 0 aromatic carbocycles. The second kappa shape index (κ2) is 5.97. The molecule has 0 radical (unpaired) electrons. The van der Waals surface area contributed by atoms with Crippen molar-refractivity contribution in [1.29, 1.82) is 0 Å². The van der Waals surface area contributed by atoms with Gasteiger partial charge < -0.3 is 20.1 Å². The lowest BCUT2D eigenvalue weighted by atomic mass is 10.1. The van der Waals surface area contributed by atoms with Gasteiger partial charge in [0.15, 0.2) is 0 Å². The SMILES string of the molecule is CCOC(=O)C(C)(C)NC(=O)C1CNCCO1. The predicted octanol–water partition coefficient (Wildman–Crippen LogP) is -0.567. The topological polar surface area (TPSA) is 76.7 Å². The van der Waals surface area contributed by atoms with Crippen molar-refractivity contribution in [1.82, 2.24) is 10.6 Å². The smallest absolute Gasteiger partial charge is 0.331 e. The van der Waals surface area contributed by atoms with Crippen LogP contribution in [-0.2, 0) is 19.1 Å². The molecule has 0 aliphatic carbocycles. The number of hydrogen-bond donors (Lipinski definition) is 2. The Kier molecular flexibility index (Phi) is 4.89. The maximum atomic E-state index is 11.8. The summed E-state index contributed by atoms with van der Waals surface area (Å²) < 4.78 is 10.2. The molecule has 2 N–H and O–H groups in total. The van der Waals surface area contributed by atoms with Crippen molar-refractivity contribution in [3.05, 3.63) is 0 Å². The molecule has 0 spiro atoms. The molecule has 6 heteroatoms.